The molecule has 0 amide bonds. The van der Waals surface area contributed by atoms with Gasteiger partial charge in [-0.15, -0.1) is 0 Å². The molecule has 1 N–H and O–H groups in total. The number of carboxylic acid groups (broad SMARTS) is 1. The Labute approximate surface area is 250 Å². The number of nitrogens with zero attached hydrogens (tertiary/aromatic N) is 1. The Morgan fingerprint density at radius 2 is 1.56 bits per heavy atom. The highest BCUT2D eigenvalue weighted by molar-refractivity contribution is 9.10. The van der Waals surface area contributed by atoms with Crippen LogP contribution in [0.4, 0.5) is 13.2 Å². The number of aromatic carboxylic acids is 1. The van der Waals surface area contributed by atoms with Gasteiger partial charge in [0.1, 0.15) is 5.75 Å². The van der Waals surface area contributed by atoms with Gasteiger partial charge < -0.3 is 9.84 Å². The van der Waals surface area contributed by atoms with Gasteiger partial charge in [-0.1, -0.05) is 84.4 Å². The molecule has 4 aromatic carbocycles. The number of rotatable bonds is 12. The minimum absolute atomic E-state index is 0.0347. The van der Waals surface area contributed by atoms with Crippen LogP contribution in [-0.2, 0) is 12.7 Å². The quantitative estimate of drug-likeness (QED) is 0.156. The standard InChI is InChI=1S/C32H28BrClF3NO3/c33-29-16-15-25(19-26(29)31(39)40)41-18-8-17-38(20-24-13-7-14-28(30(24)34)32(35,36)37)21-27(22-9-3-1-4-10-22)23-11-5-2-6-12-23/h1-7,9-16,19,27H,8,17-18,20-21H2,(H,39,40). The molecule has 9 heteroatoms. The molecule has 0 aliphatic carbocycles. The van der Waals surface area contributed by atoms with Crippen LogP contribution < -0.4 is 4.74 Å². The van der Waals surface area contributed by atoms with Gasteiger partial charge in [-0.25, -0.2) is 4.79 Å². The summed E-state index contributed by atoms with van der Waals surface area (Å²) in [5.41, 5.74) is 1.81. The van der Waals surface area contributed by atoms with Crippen LogP contribution in [0.3, 0.4) is 0 Å². The molecule has 0 saturated carbocycles. The maximum Gasteiger partial charge on any atom is 0.417 e. The van der Waals surface area contributed by atoms with Gasteiger partial charge in [0.25, 0.3) is 0 Å². The first-order valence-corrected chi connectivity index (χ1v) is 14.1. The van der Waals surface area contributed by atoms with E-state index in [9.17, 15) is 23.1 Å². The van der Waals surface area contributed by atoms with Crippen LogP contribution in [0.1, 0.15) is 45.0 Å². The van der Waals surface area contributed by atoms with Crippen molar-refractivity contribution in [3.63, 3.8) is 0 Å². The molecule has 0 fully saturated rings. The molecule has 0 saturated heterocycles. The number of carboxylic acids is 1. The Morgan fingerprint density at radius 3 is 2.15 bits per heavy atom. The number of hydrogen-bond acceptors (Lipinski definition) is 3. The number of benzene rings is 4. The van der Waals surface area contributed by atoms with Crippen molar-refractivity contribution in [3.8, 4) is 5.75 Å². The van der Waals surface area contributed by atoms with Crippen molar-refractivity contribution >= 4 is 33.5 Å². The largest absolute Gasteiger partial charge is 0.494 e. The van der Waals surface area contributed by atoms with Gasteiger partial charge in [0.15, 0.2) is 0 Å². The molecule has 0 radical (unpaired) electrons. The van der Waals surface area contributed by atoms with Gasteiger partial charge in [-0.2, -0.15) is 13.2 Å². The third-order valence-corrected chi connectivity index (χ3v) is 7.82. The molecule has 0 heterocycles. The maximum absolute atomic E-state index is 13.6. The fourth-order valence-corrected chi connectivity index (χ4v) is 5.37. The van der Waals surface area contributed by atoms with E-state index in [1.54, 1.807) is 18.2 Å². The molecule has 214 valence electrons. The van der Waals surface area contributed by atoms with E-state index in [1.807, 2.05) is 60.7 Å². The zero-order valence-corrected chi connectivity index (χ0v) is 24.3. The maximum atomic E-state index is 13.6. The summed E-state index contributed by atoms with van der Waals surface area (Å²) in [6, 6.07) is 28.7. The molecule has 0 spiro atoms. The van der Waals surface area contributed by atoms with E-state index >= 15 is 0 Å². The third kappa shape index (κ3) is 8.35. The average molecular weight is 647 g/mol. The van der Waals surface area contributed by atoms with Crippen LogP contribution in [0.5, 0.6) is 5.75 Å². The molecule has 4 rings (SSSR count). The number of ether oxygens (including phenoxy) is 1. The van der Waals surface area contributed by atoms with Gasteiger partial charge in [0, 0.05) is 30.0 Å². The molecular formula is C32H28BrClF3NO3. The Bertz CT molecular complexity index is 1410. The second kappa shape index (κ2) is 14.0. The van der Waals surface area contributed by atoms with E-state index in [0.717, 1.165) is 17.2 Å². The number of alkyl halides is 3. The van der Waals surface area contributed by atoms with Crippen LogP contribution in [0.2, 0.25) is 5.02 Å². The zero-order chi connectivity index (χ0) is 29.4. The van der Waals surface area contributed by atoms with Crippen LogP contribution in [0.25, 0.3) is 0 Å². The van der Waals surface area contributed by atoms with E-state index < -0.39 is 17.7 Å². The smallest absolute Gasteiger partial charge is 0.417 e. The second-order valence-corrected chi connectivity index (χ2v) is 10.8. The topological polar surface area (TPSA) is 49.8 Å². The summed E-state index contributed by atoms with van der Waals surface area (Å²) in [5.74, 6) is -0.684. The van der Waals surface area contributed by atoms with Crippen LogP contribution in [-0.4, -0.2) is 35.7 Å². The summed E-state index contributed by atoms with van der Waals surface area (Å²) < 4.78 is 47.0. The first-order valence-electron chi connectivity index (χ1n) is 13.0. The molecule has 41 heavy (non-hydrogen) atoms. The average Bonchev–Trinajstić information content (AvgIpc) is 2.95. The van der Waals surface area contributed by atoms with Crippen molar-refractivity contribution in [2.24, 2.45) is 0 Å². The fourth-order valence-electron chi connectivity index (χ4n) is 4.67. The van der Waals surface area contributed by atoms with Crippen LogP contribution >= 0.6 is 27.5 Å². The molecule has 0 bridgehead atoms. The summed E-state index contributed by atoms with van der Waals surface area (Å²) in [7, 11) is 0. The van der Waals surface area contributed by atoms with Crippen molar-refractivity contribution < 1.29 is 27.8 Å². The van der Waals surface area contributed by atoms with Crippen molar-refractivity contribution in [2.45, 2.75) is 25.1 Å². The van der Waals surface area contributed by atoms with Gasteiger partial charge >= 0.3 is 12.1 Å². The Morgan fingerprint density at radius 1 is 0.927 bits per heavy atom. The molecule has 0 atom stereocenters. The Kier molecular flexibility index (Phi) is 10.5. The Balaban J connectivity index is 1.56. The fraction of sp³-hybridized carbons (Fsp3) is 0.219. The SMILES string of the molecule is O=C(O)c1cc(OCCCN(Cc2cccc(C(F)(F)F)c2Cl)CC(c2ccccc2)c2ccccc2)ccc1Br. The highest BCUT2D eigenvalue weighted by atomic mass is 79.9. The molecule has 0 aromatic heterocycles. The van der Waals surface area contributed by atoms with Gasteiger partial charge in [-0.3, -0.25) is 4.90 Å². The van der Waals surface area contributed by atoms with E-state index in [0.29, 0.717) is 35.3 Å². The molecule has 4 nitrogen and oxygen atoms in total. The predicted octanol–water partition coefficient (Wildman–Crippen LogP) is 8.92. The minimum atomic E-state index is -4.55. The van der Waals surface area contributed by atoms with Crippen molar-refractivity contribution in [1.82, 2.24) is 4.90 Å². The summed E-state index contributed by atoms with van der Waals surface area (Å²) in [4.78, 5) is 13.5. The van der Waals surface area contributed by atoms with Crippen molar-refractivity contribution in [3.05, 3.63) is 134 Å². The van der Waals surface area contributed by atoms with E-state index in [1.165, 1.54) is 12.1 Å². The lowest BCUT2D eigenvalue weighted by molar-refractivity contribution is -0.137. The summed E-state index contributed by atoms with van der Waals surface area (Å²) in [6.45, 7) is 1.53. The van der Waals surface area contributed by atoms with Crippen LogP contribution in [0.15, 0.2) is 102 Å². The zero-order valence-electron chi connectivity index (χ0n) is 22.0. The van der Waals surface area contributed by atoms with E-state index in [4.69, 9.17) is 16.3 Å². The molecule has 4 aromatic rings. The van der Waals surface area contributed by atoms with E-state index in [2.05, 4.69) is 20.8 Å². The van der Waals surface area contributed by atoms with Gasteiger partial charge in [0.2, 0.25) is 0 Å². The second-order valence-electron chi connectivity index (χ2n) is 9.53. The van der Waals surface area contributed by atoms with Crippen molar-refractivity contribution in [2.75, 3.05) is 19.7 Å². The highest BCUT2D eigenvalue weighted by Gasteiger charge is 2.34. The Hall–Kier alpha value is -3.33. The molecule has 0 aliphatic rings. The first-order chi connectivity index (χ1) is 19.6. The molecule has 0 unspecified atom stereocenters. The molecule has 0 aliphatic heterocycles. The third-order valence-electron chi connectivity index (χ3n) is 6.68. The number of halogens is 5. The predicted molar refractivity (Wildman–Crippen MR) is 158 cm³/mol. The lowest BCUT2D eigenvalue weighted by Crippen LogP contribution is -2.31. The summed E-state index contributed by atoms with van der Waals surface area (Å²) in [6.07, 6.45) is -4.01. The highest BCUT2D eigenvalue weighted by Crippen LogP contribution is 2.37. The number of hydrogen-bond donors (Lipinski definition) is 1. The van der Waals surface area contributed by atoms with Gasteiger partial charge in [-0.05, 0) is 63.3 Å². The molecular weight excluding hydrogens is 619 g/mol. The van der Waals surface area contributed by atoms with Crippen LogP contribution in [0, 0.1) is 0 Å². The summed E-state index contributed by atoms with van der Waals surface area (Å²) in [5, 5.41) is 9.07. The van der Waals surface area contributed by atoms with Crippen molar-refractivity contribution in [1.29, 1.82) is 0 Å². The number of carbonyl (C=O) groups is 1. The normalized spacial score (nSPS) is 11.7. The van der Waals surface area contributed by atoms with E-state index in [-0.39, 0.29) is 29.7 Å². The minimum Gasteiger partial charge on any atom is -0.494 e. The monoisotopic (exact) mass is 645 g/mol. The lowest BCUT2D eigenvalue weighted by Gasteiger charge is -2.29. The summed E-state index contributed by atoms with van der Waals surface area (Å²) >= 11 is 9.50. The van der Waals surface area contributed by atoms with Gasteiger partial charge in [0.05, 0.1) is 22.8 Å². The lowest BCUT2D eigenvalue weighted by atomic mass is 9.90. The first kappa shape index (κ1) is 30.6.